The van der Waals surface area contributed by atoms with Crippen LogP contribution in [0.5, 0.6) is 0 Å². The zero-order chi connectivity index (χ0) is 20.3. The molecule has 5 rings (SSSR count). The Hall–Kier alpha value is -3.76. The first-order valence-electron chi connectivity index (χ1n) is 8.83. The molecule has 1 aliphatic rings. The summed E-state index contributed by atoms with van der Waals surface area (Å²) in [5, 5.41) is 7.64. The zero-order valence-corrected chi connectivity index (χ0v) is 15.1. The van der Waals surface area contributed by atoms with Crippen molar-refractivity contribution in [3.63, 3.8) is 0 Å². The van der Waals surface area contributed by atoms with Crippen molar-refractivity contribution in [2.45, 2.75) is 25.7 Å². The van der Waals surface area contributed by atoms with Crippen molar-refractivity contribution in [3.05, 3.63) is 68.4 Å². The van der Waals surface area contributed by atoms with Gasteiger partial charge in [-0.05, 0) is 19.8 Å². The third-order valence-electron chi connectivity index (χ3n) is 4.82. The molecule has 0 radical (unpaired) electrons. The van der Waals surface area contributed by atoms with Gasteiger partial charge in [-0.25, -0.2) is 27.8 Å². The summed E-state index contributed by atoms with van der Waals surface area (Å²) in [6.07, 6.45) is 4.89. The Morgan fingerprint density at radius 1 is 1.14 bits per heavy atom. The Morgan fingerprint density at radius 2 is 1.90 bits per heavy atom. The van der Waals surface area contributed by atoms with Crippen LogP contribution < -0.4 is 11.2 Å². The highest BCUT2D eigenvalue weighted by Crippen LogP contribution is 2.38. The monoisotopic (exact) mass is 397 g/mol. The van der Waals surface area contributed by atoms with Gasteiger partial charge < -0.3 is 4.98 Å². The molecule has 1 N–H and O–H groups in total. The number of nitrogens with zero attached hydrogens (tertiary/aromatic N) is 6. The van der Waals surface area contributed by atoms with Crippen molar-refractivity contribution >= 4 is 11.0 Å². The SMILES string of the molecule is Cc1[nH]c(=O)n(-c2cncc(C3CC3)n2)c(=O)c1-n1nnc2cc(F)c(F)cc21. The third kappa shape index (κ3) is 2.73. The van der Waals surface area contributed by atoms with Crippen molar-refractivity contribution < 1.29 is 8.78 Å². The number of H-pyrrole nitrogens is 1. The maximum atomic E-state index is 13.8. The van der Waals surface area contributed by atoms with Crippen LogP contribution in [0.4, 0.5) is 8.78 Å². The number of benzene rings is 1. The second kappa shape index (κ2) is 6.12. The minimum atomic E-state index is -1.11. The lowest BCUT2D eigenvalue weighted by Gasteiger charge is -2.10. The molecule has 1 fully saturated rings. The Kier molecular flexibility index (Phi) is 3.66. The summed E-state index contributed by atoms with van der Waals surface area (Å²) in [7, 11) is 0. The largest absolute Gasteiger partial charge is 0.334 e. The lowest BCUT2D eigenvalue weighted by molar-refractivity contribution is 0.510. The van der Waals surface area contributed by atoms with Crippen LogP contribution in [-0.4, -0.2) is 34.5 Å². The number of hydrogen-bond donors (Lipinski definition) is 1. The summed E-state index contributed by atoms with van der Waals surface area (Å²) in [4.78, 5) is 36.8. The smallest absolute Gasteiger partial charge is 0.309 e. The summed E-state index contributed by atoms with van der Waals surface area (Å²) in [5.41, 5.74) is -0.433. The Morgan fingerprint density at radius 3 is 2.66 bits per heavy atom. The van der Waals surface area contributed by atoms with Crippen LogP contribution in [0.1, 0.15) is 30.1 Å². The predicted octanol–water partition coefficient (Wildman–Crippen LogP) is 1.51. The Balaban J connectivity index is 1.77. The summed E-state index contributed by atoms with van der Waals surface area (Å²) in [6, 6.07) is 1.78. The molecule has 0 spiro atoms. The maximum absolute atomic E-state index is 13.8. The van der Waals surface area contributed by atoms with Gasteiger partial charge in [-0.15, -0.1) is 5.10 Å². The number of aromatic nitrogens is 7. The molecule has 4 aromatic rings. The third-order valence-corrected chi connectivity index (χ3v) is 4.82. The quantitative estimate of drug-likeness (QED) is 0.561. The number of aromatic amines is 1. The molecule has 0 amide bonds. The van der Waals surface area contributed by atoms with E-state index in [0.717, 1.165) is 34.2 Å². The van der Waals surface area contributed by atoms with Crippen molar-refractivity contribution in [3.8, 4) is 11.5 Å². The molecular formula is C18H13F2N7O2. The fraction of sp³-hybridized carbons (Fsp3) is 0.222. The predicted molar refractivity (Wildman–Crippen MR) is 97.3 cm³/mol. The van der Waals surface area contributed by atoms with Gasteiger partial charge in [-0.2, -0.15) is 0 Å². The summed E-state index contributed by atoms with van der Waals surface area (Å²) >= 11 is 0. The minimum Gasteiger partial charge on any atom is -0.309 e. The molecule has 146 valence electrons. The summed E-state index contributed by atoms with van der Waals surface area (Å²) in [6.45, 7) is 1.50. The molecule has 0 unspecified atom stereocenters. The highest BCUT2D eigenvalue weighted by Gasteiger charge is 2.26. The standard InChI is InChI=1S/C18H13F2N7O2/c1-8-16(27-14-5-11(20)10(19)4-12(14)24-25-27)17(28)26(18(29)22-8)15-7-21-6-13(23-15)9-2-3-9/h4-7,9H,2-3H2,1H3,(H,22,29). The van der Waals surface area contributed by atoms with Crippen LogP contribution in [0, 0.1) is 18.6 Å². The van der Waals surface area contributed by atoms with E-state index in [4.69, 9.17) is 0 Å². The molecule has 0 saturated heterocycles. The van der Waals surface area contributed by atoms with E-state index in [1.54, 1.807) is 6.20 Å². The van der Waals surface area contributed by atoms with Crippen LogP contribution in [-0.2, 0) is 0 Å². The highest BCUT2D eigenvalue weighted by atomic mass is 19.2. The van der Waals surface area contributed by atoms with E-state index in [2.05, 4.69) is 25.3 Å². The first-order chi connectivity index (χ1) is 13.9. The van der Waals surface area contributed by atoms with Crippen molar-refractivity contribution in [2.75, 3.05) is 0 Å². The van der Waals surface area contributed by atoms with Crippen LogP contribution >= 0.6 is 0 Å². The maximum Gasteiger partial charge on any atom is 0.334 e. The zero-order valence-electron chi connectivity index (χ0n) is 15.1. The molecular weight excluding hydrogens is 384 g/mol. The van der Waals surface area contributed by atoms with Crippen LogP contribution in [0.3, 0.4) is 0 Å². The molecule has 1 aromatic carbocycles. The molecule has 0 aliphatic heterocycles. The number of nitrogens with one attached hydrogen (secondary N) is 1. The Bertz CT molecular complexity index is 1400. The molecule has 29 heavy (non-hydrogen) atoms. The van der Waals surface area contributed by atoms with E-state index in [-0.39, 0.29) is 34.2 Å². The van der Waals surface area contributed by atoms with Gasteiger partial charge in [-0.3, -0.25) is 9.78 Å². The lowest BCUT2D eigenvalue weighted by Crippen LogP contribution is -2.38. The number of aryl methyl sites for hydroxylation is 1. The van der Waals surface area contributed by atoms with E-state index < -0.39 is 22.9 Å². The van der Waals surface area contributed by atoms with Gasteiger partial charge in [0.2, 0.25) is 0 Å². The van der Waals surface area contributed by atoms with E-state index in [0.29, 0.717) is 5.69 Å². The molecule has 3 heterocycles. The molecule has 1 aliphatic carbocycles. The first-order valence-corrected chi connectivity index (χ1v) is 8.83. The molecule has 3 aromatic heterocycles. The van der Waals surface area contributed by atoms with Crippen LogP contribution in [0.15, 0.2) is 34.1 Å². The summed E-state index contributed by atoms with van der Waals surface area (Å²) < 4.78 is 29.2. The number of rotatable bonds is 3. The van der Waals surface area contributed by atoms with Gasteiger partial charge in [-0.1, -0.05) is 5.21 Å². The average Bonchev–Trinajstić information content (AvgIpc) is 3.46. The van der Waals surface area contributed by atoms with Gasteiger partial charge in [0, 0.05) is 29.9 Å². The van der Waals surface area contributed by atoms with E-state index >= 15 is 0 Å². The lowest BCUT2D eigenvalue weighted by atomic mass is 10.2. The van der Waals surface area contributed by atoms with Gasteiger partial charge in [0.05, 0.1) is 17.4 Å². The van der Waals surface area contributed by atoms with E-state index in [9.17, 15) is 18.4 Å². The summed E-state index contributed by atoms with van der Waals surface area (Å²) in [5.74, 6) is -1.83. The fourth-order valence-electron chi connectivity index (χ4n) is 3.23. The fourth-order valence-corrected chi connectivity index (χ4v) is 3.23. The molecule has 11 heteroatoms. The van der Waals surface area contributed by atoms with Crippen molar-refractivity contribution in [1.82, 2.24) is 34.5 Å². The molecule has 0 bridgehead atoms. The van der Waals surface area contributed by atoms with Gasteiger partial charge in [0.15, 0.2) is 23.1 Å². The second-order valence-electron chi connectivity index (χ2n) is 6.88. The van der Waals surface area contributed by atoms with Crippen molar-refractivity contribution in [2.24, 2.45) is 0 Å². The highest BCUT2D eigenvalue weighted by molar-refractivity contribution is 5.76. The molecule has 1 saturated carbocycles. The average molecular weight is 397 g/mol. The topological polar surface area (TPSA) is 111 Å². The van der Waals surface area contributed by atoms with Gasteiger partial charge in [0.25, 0.3) is 5.56 Å². The number of fused-ring (bicyclic) bond motifs is 1. The normalized spacial score (nSPS) is 13.9. The van der Waals surface area contributed by atoms with Gasteiger partial charge >= 0.3 is 5.69 Å². The van der Waals surface area contributed by atoms with Crippen LogP contribution in [0.25, 0.3) is 22.5 Å². The number of hydrogen-bond acceptors (Lipinski definition) is 6. The van der Waals surface area contributed by atoms with E-state index in [1.165, 1.54) is 13.1 Å². The minimum absolute atomic E-state index is 0.0586. The van der Waals surface area contributed by atoms with Crippen molar-refractivity contribution in [1.29, 1.82) is 0 Å². The Labute approximate surface area is 160 Å². The second-order valence-corrected chi connectivity index (χ2v) is 6.88. The number of halogens is 2. The first kappa shape index (κ1) is 17.3. The molecule has 9 nitrogen and oxygen atoms in total. The van der Waals surface area contributed by atoms with E-state index in [1.807, 2.05) is 0 Å². The van der Waals surface area contributed by atoms with Gasteiger partial charge in [0.1, 0.15) is 5.52 Å². The molecule has 0 atom stereocenters. The van der Waals surface area contributed by atoms with Crippen LogP contribution in [0.2, 0.25) is 0 Å².